The first-order valence-electron chi connectivity index (χ1n) is 2.14. The number of rotatable bonds is 0. The van der Waals surface area contributed by atoms with Gasteiger partial charge in [-0.2, -0.15) is 13.2 Å². The molecule has 0 nitrogen and oxygen atoms in total. The van der Waals surface area contributed by atoms with Crippen LogP contribution >= 0.6 is 0 Å². The van der Waals surface area contributed by atoms with E-state index in [1.54, 1.807) is 0 Å². The topological polar surface area (TPSA) is 0 Å². The Kier molecular flexibility index (Phi) is 2.07. The van der Waals surface area contributed by atoms with Crippen molar-refractivity contribution >= 4 is 0 Å². The van der Waals surface area contributed by atoms with Crippen LogP contribution in [0.25, 0.3) is 0 Å². The van der Waals surface area contributed by atoms with Crippen LogP contribution < -0.4 is 0 Å². The maximum Gasteiger partial charge on any atom is 0.409 e. The molecule has 0 aromatic heterocycles. The molecular weight excluding hydrogens is 117 g/mol. The SMILES string of the molecule is CC(C)=CC(F)(F)F. The zero-order valence-corrected chi connectivity index (χ0v) is 4.71. The predicted octanol–water partition coefficient (Wildman–Crippen LogP) is 2.51. The van der Waals surface area contributed by atoms with Crippen molar-refractivity contribution in [2.75, 3.05) is 0 Å². The van der Waals surface area contributed by atoms with Gasteiger partial charge in [-0.15, -0.1) is 0 Å². The van der Waals surface area contributed by atoms with Gasteiger partial charge in [0.1, 0.15) is 0 Å². The van der Waals surface area contributed by atoms with E-state index in [1.807, 2.05) is 0 Å². The molecule has 0 saturated heterocycles. The van der Waals surface area contributed by atoms with Gasteiger partial charge in [0.25, 0.3) is 0 Å². The molecule has 0 aliphatic carbocycles. The van der Waals surface area contributed by atoms with Gasteiger partial charge in [-0.05, 0) is 13.8 Å². The van der Waals surface area contributed by atoms with Gasteiger partial charge in [0.15, 0.2) is 0 Å². The second kappa shape index (κ2) is 2.20. The summed E-state index contributed by atoms with van der Waals surface area (Å²) in [5, 5.41) is 0. The van der Waals surface area contributed by atoms with Crippen LogP contribution in [0.1, 0.15) is 13.8 Å². The van der Waals surface area contributed by atoms with Crippen molar-refractivity contribution < 1.29 is 13.2 Å². The Balaban J connectivity index is 3.89. The van der Waals surface area contributed by atoms with Crippen molar-refractivity contribution in [2.24, 2.45) is 0 Å². The Labute approximate surface area is 46.0 Å². The molecule has 0 N–H and O–H groups in total. The van der Waals surface area contributed by atoms with Crippen LogP contribution in [0.2, 0.25) is 0 Å². The molecule has 0 spiro atoms. The lowest BCUT2D eigenvalue weighted by Crippen LogP contribution is -2.01. The fourth-order valence-corrected chi connectivity index (χ4v) is 0.327. The van der Waals surface area contributed by atoms with Crippen molar-refractivity contribution in [3.63, 3.8) is 0 Å². The Morgan fingerprint density at radius 1 is 1.25 bits per heavy atom. The molecular formula is C5H7F3. The van der Waals surface area contributed by atoms with E-state index in [9.17, 15) is 13.2 Å². The van der Waals surface area contributed by atoms with Crippen LogP contribution in [0.15, 0.2) is 11.6 Å². The summed E-state index contributed by atoms with van der Waals surface area (Å²) in [7, 11) is 0. The van der Waals surface area contributed by atoms with Gasteiger partial charge in [-0.3, -0.25) is 0 Å². The molecule has 0 rings (SSSR count). The van der Waals surface area contributed by atoms with Gasteiger partial charge in [0.2, 0.25) is 0 Å². The van der Waals surface area contributed by atoms with Gasteiger partial charge in [0, 0.05) is 6.08 Å². The number of hydrogen-bond donors (Lipinski definition) is 0. The van der Waals surface area contributed by atoms with Crippen molar-refractivity contribution in [1.29, 1.82) is 0 Å². The lowest BCUT2D eigenvalue weighted by molar-refractivity contribution is -0.0804. The van der Waals surface area contributed by atoms with Crippen LogP contribution in [-0.2, 0) is 0 Å². The average Bonchev–Trinajstić information content (AvgIpc) is 1.21. The minimum Gasteiger partial charge on any atom is -0.167 e. The summed E-state index contributed by atoms with van der Waals surface area (Å²) in [6, 6.07) is 0. The van der Waals surface area contributed by atoms with Gasteiger partial charge in [0.05, 0.1) is 0 Å². The van der Waals surface area contributed by atoms with E-state index >= 15 is 0 Å². The quantitative estimate of drug-likeness (QED) is 0.435. The minimum atomic E-state index is -4.14. The normalized spacial score (nSPS) is 11.1. The number of allylic oxidation sites excluding steroid dienone is 2. The average molecular weight is 124 g/mol. The van der Waals surface area contributed by atoms with E-state index in [4.69, 9.17) is 0 Å². The first kappa shape index (κ1) is 7.53. The minimum absolute atomic E-state index is 0.271. The third-order valence-electron chi connectivity index (χ3n) is 0.452. The monoisotopic (exact) mass is 124 g/mol. The van der Waals surface area contributed by atoms with Gasteiger partial charge < -0.3 is 0 Å². The highest BCUT2D eigenvalue weighted by Gasteiger charge is 2.22. The molecule has 0 unspecified atom stereocenters. The summed E-state index contributed by atoms with van der Waals surface area (Å²) in [5.41, 5.74) is 0.275. The van der Waals surface area contributed by atoms with E-state index in [0.29, 0.717) is 0 Å². The highest BCUT2D eigenvalue weighted by molar-refractivity contribution is 4.97. The van der Waals surface area contributed by atoms with Gasteiger partial charge in [-0.1, -0.05) is 5.57 Å². The molecule has 8 heavy (non-hydrogen) atoms. The second-order valence-electron chi connectivity index (χ2n) is 1.76. The number of alkyl halides is 3. The van der Waals surface area contributed by atoms with Crippen molar-refractivity contribution in [3.8, 4) is 0 Å². The molecule has 0 heterocycles. The van der Waals surface area contributed by atoms with Crippen LogP contribution in [0.5, 0.6) is 0 Å². The maximum atomic E-state index is 11.2. The van der Waals surface area contributed by atoms with E-state index in [0.717, 1.165) is 0 Å². The van der Waals surface area contributed by atoms with Crippen LogP contribution in [0.3, 0.4) is 0 Å². The Morgan fingerprint density at radius 2 is 1.62 bits per heavy atom. The summed E-state index contributed by atoms with van der Waals surface area (Å²) < 4.78 is 33.7. The summed E-state index contributed by atoms with van der Waals surface area (Å²) in [5.74, 6) is 0. The van der Waals surface area contributed by atoms with Crippen LogP contribution in [-0.4, -0.2) is 6.18 Å². The molecule has 3 heteroatoms. The molecule has 0 bridgehead atoms. The summed E-state index contributed by atoms with van der Waals surface area (Å²) >= 11 is 0. The van der Waals surface area contributed by atoms with E-state index in [1.165, 1.54) is 13.8 Å². The van der Waals surface area contributed by atoms with Gasteiger partial charge >= 0.3 is 6.18 Å². The molecule has 48 valence electrons. The van der Waals surface area contributed by atoms with Crippen molar-refractivity contribution in [2.45, 2.75) is 20.0 Å². The molecule has 0 fully saturated rings. The lowest BCUT2D eigenvalue weighted by Gasteiger charge is -1.97. The fraction of sp³-hybridized carbons (Fsp3) is 0.600. The molecule has 0 atom stereocenters. The first-order chi connectivity index (χ1) is 3.42. The third-order valence-corrected chi connectivity index (χ3v) is 0.452. The van der Waals surface area contributed by atoms with Crippen molar-refractivity contribution in [1.82, 2.24) is 0 Å². The standard InChI is InChI=1S/C5H7F3/c1-4(2)3-5(6,7)8/h3H,1-2H3. The van der Waals surface area contributed by atoms with Crippen LogP contribution in [0.4, 0.5) is 13.2 Å². The van der Waals surface area contributed by atoms with Crippen molar-refractivity contribution in [3.05, 3.63) is 11.6 Å². The molecule has 0 aliphatic rings. The van der Waals surface area contributed by atoms with Crippen LogP contribution in [0, 0.1) is 0 Å². The predicted molar refractivity (Wildman–Crippen MR) is 25.5 cm³/mol. The Bertz CT molecular complexity index is 94.7. The number of halogens is 3. The highest BCUT2D eigenvalue weighted by Crippen LogP contribution is 2.17. The molecule has 0 radical (unpaired) electrons. The van der Waals surface area contributed by atoms with E-state index in [2.05, 4.69) is 0 Å². The first-order valence-corrected chi connectivity index (χ1v) is 2.14. The fourth-order valence-electron chi connectivity index (χ4n) is 0.327. The maximum absolute atomic E-state index is 11.2. The molecule has 0 amide bonds. The molecule has 0 aliphatic heterocycles. The van der Waals surface area contributed by atoms with E-state index < -0.39 is 6.18 Å². The molecule has 0 aromatic carbocycles. The second-order valence-corrected chi connectivity index (χ2v) is 1.76. The Hall–Kier alpha value is -0.470. The zero-order chi connectivity index (χ0) is 6.78. The molecule has 0 aromatic rings. The van der Waals surface area contributed by atoms with Gasteiger partial charge in [-0.25, -0.2) is 0 Å². The Morgan fingerprint density at radius 3 is 1.62 bits per heavy atom. The zero-order valence-electron chi connectivity index (χ0n) is 4.71. The highest BCUT2D eigenvalue weighted by atomic mass is 19.4. The molecule has 0 saturated carbocycles. The summed E-state index contributed by atoms with van der Waals surface area (Å²) in [6.07, 6.45) is -3.87. The smallest absolute Gasteiger partial charge is 0.167 e. The third kappa shape index (κ3) is 5.53. The van der Waals surface area contributed by atoms with E-state index in [-0.39, 0.29) is 11.6 Å². The summed E-state index contributed by atoms with van der Waals surface area (Å²) in [4.78, 5) is 0. The summed E-state index contributed by atoms with van der Waals surface area (Å²) in [6.45, 7) is 2.82. The number of hydrogen-bond acceptors (Lipinski definition) is 0. The lowest BCUT2D eigenvalue weighted by atomic mass is 10.3. The largest absolute Gasteiger partial charge is 0.409 e.